The number of nitrogens with zero attached hydrogens (tertiary/aromatic N) is 3. The quantitative estimate of drug-likeness (QED) is 0.543. The monoisotopic (exact) mass is 398 g/mol. The Morgan fingerprint density at radius 1 is 1.10 bits per heavy atom. The molecule has 3 rings (SSSR count). The number of anilines is 1. The normalized spacial score (nSPS) is 16.2. The van der Waals surface area contributed by atoms with Crippen molar-refractivity contribution in [2.45, 2.75) is 13.0 Å². The van der Waals surface area contributed by atoms with Crippen molar-refractivity contribution in [1.29, 1.82) is 0 Å². The van der Waals surface area contributed by atoms with Crippen molar-refractivity contribution in [1.82, 2.24) is 9.80 Å². The first-order chi connectivity index (χ1) is 14.0. The van der Waals surface area contributed by atoms with Crippen molar-refractivity contribution in [2.75, 3.05) is 44.6 Å². The number of hydrogen-bond acceptors (Lipinski definition) is 6. The molecule has 8 nitrogen and oxygen atoms in total. The van der Waals surface area contributed by atoms with E-state index in [0.29, 0.717) is 12.3 Å². The molecule has 1 fully saturated rings. The summed E-state index contributed by atoms with van der Waals surface area (Å²) in [6, 6.07) is 15.4. The molecule has 0 aliphatic carbocycles. The Morgan fingerprint density at radius 2 is 1.76 bits per heavy atom. The Hall–Kier alpha value is -2.97. The molecule has 0 bridgehead atoms. The lowest BCUT2D eigenvalue weighted by molar-refractivity contribution is -0.384. The van der Waals surface area contributed by atoms with Gasteiger partial charge in [-0.1, -0.05) is 18.2 Å². The number of nitrogens with one attached hydrogen (secondary N) is 1. The number of nitro groups is 1. The third kappa shape index (κ3) is 6.00. The number of nitro benzene ring substituents is 1. The number of non-ortho nitro benzene ring substituents is 1. The van der Waals surface area contributed by atoms with Crippen molar-refractivity contribution in [2.24, 2.45) is 0 Å². The highest BCUT2D eigenvalue weighted by Crippen LogP contribution is 2.16. The van der Waals surface area contributed by atoms with Gasteiger partial charge in [0, 0.05) is 50.5 Å². The second kappa shape index (κ2) is 9.99. The summed E-state index contributed by atoms with van der Waals surface area (Å²) >= 11 is 0. The van der Waals surface area contributed by atoms with Gasteiger partial charge >= 0.3 is 0 Å². The number of para-hydroxylation sites is 1. The second-order valence-electron chi connectivity index (χ2n) is 7.01. The first-order valence-electron chi connectivity index (χ1n) is 9.72. The molecule has 1 unspecified atom stereocenters. The number of carbonyl (C=O) groups is 1. The van der Waals surface area contributed by atoms with E-state index in [1.54, 1.807) is 12.1 Å². The van der Waals surface area contributed by atoms with Gasteiger partial charge < -0.3 is 10.1 Å². The third-order valence-corrected chi connectivity index (χ3v) is 5.10. The highest BCUT2D eigenvalue weighted by Gasteiger charge is 2.25. The fourth-order valence-corrected chi connectivity index (χ4v) is 3.26. The first-order valence-corrected chi connectivity index (χ1v) is 9.72. The average Bonchev–Trinajstić information content (AvgIpc) is 2.75. The Bertz CT molecular complexity index is 805. The Morgan fingerprint density at radius 3 is 2.38 bits per heavy atom. The molecular weight excluding hydrogens is 372 g/mol. The van der Waals surface area contributed by atoms with Crippen LogP contribution < -0.4 is 10.1 Å². The van der Waals surface area contributed by atoms with Gasteiger partial charge in [-0.3, -0.25) is 24.7 Å². The van der Waals surface area contributed by atoms with Crippen molar-refractivity contribution in [3.8, 4) is 5.75 Å². The largest absolute Gasteiger partial charge is 0.492 e. The second-order valence-corrected chi connectivity index (χ2v) is 7.01. The molecule has 1 N–H and O–H groups in total. The fraction of sp³-hybridized carbons (Fsp3) is 0.381. The molecule has 1 aliphatic heterocycles. The van der Waals surface area contributed by atoms with E-state index < -0.39 is 4.92 Å². The molecule has 29 heavy (non-hydrogen) atoms. The van der Waals surface area contributed by atoms with E-state index in [9.17, 15) is 14.9 Å². The smallest absolute Gasteiger partial charge is 0.269 e. The standard InChI is InChI=1S/C21H26N4O4/c1-17(21(26)22-18-7-9-19(10-8-18)25(27)28)24-13-11-23(12-14-24)15-16-29-20-5-3-2-4-6-20/h2-10,17H,11-16H2,1H3,(H,22,26). The maximum Gasteiger partial charge on any atom is 0.269 e. The van der Waals surface area contributed by atoms with Crippen LogP contribution in [0.15, 0.2) is 54.6 Å². The summed E-state index contributed by atoms with van der Waals surface area (Å²) in [5.41, 5.74) is 0.563. The zero-order chi connectivity index (χ0) is 20.6. The summed E-state index contributed by atoms with van der Waals surface area (Å²) in [6.45, 7) is 6.75. The van der Waals surface area contributed by atoms with Gasteiger partial charge in [0.25, 0.3) is 5.69 Å². The molecule has 154 valence electrons. The molecule has 0 spiro atoms. The van der Waals surface area contributed by atoms with Gasteiger partial charge in [-0.2, -0.15) is 0 Å². The van der Waals surface area contributed by atoms with Crippen LogP contribution in [0.2, 0.25) is 0 Å². The van der Waals surface area contributed by atoms with Gasteiger partial charge in [-0.15, -0.1) is 0 Å². The fourth-order valence-electron chi connectivity index (χ4n) is 3.26. The van der Waals surface area contributed by atoms with Gasteiger partial charge in [0.15, 0.2) is 0 Å². The highest BCUT2D eigenvalue weighted by atomic mass is 16.6. The molecule has 1 aliphatic rings. The summed E-state index contributed by atoms with van der Waals surface area (Å²) in [5.74, 6) is 0.766. The summed E-state index contributed by atoms with van der Waals surface area (Å²) < 4.78 is 5.75. The van der Waals surface area contributed by atoms with Crippen molar-refractivity contribution in [3.63, 3.8) is 0 Å². The van der Waals surface area contributed by atoms with Crippen LogP contribution in [0.1, 0.15) is 6.92 Å². The molecule has 0 radical (unpaired) electrons. The average molecular weight is 398 g/mol. The van der Waals surface area contributed by atoms with Gasteiger partial charge in [-0.05, 0) is 31.2 Å². The van der Waals surface area contributed by atoms with Gasteiger partial charge in [0.1, 0.15) is 12.4 Å². The molecule has 0 saturated carbocycles. The number of piperazine rings is 1. The topological polar surface area (TPSA) is 87.9 Å². The van der Waals surface area contributed by atoms with Crippen LogP contribution >= 0.6 is 0 Å². The van der Waals surface area contributed by atoms with Crippen molar-refractivity contribution >= 4 is 17.3 Å². The molecule has 1 amide bonds. The first kappa shape index (κ1) is 20.8. The van der Waals surface area contributed by atoms with E-state index in [0.717, 1.165) is 38.5 Å². The summed E-state index contributed by atoms with van der Waals surface area (Å²) in [4.78, 5) is 27.3. The van der Waals surface area contributed by atoms with E-state index in [2.05, 4.69) is 15.1 Å². The van der Waals surface area contributed by atoms with Crippen molar-refractivity contribution in [3.05, 3.63) is 64.7 Å². The predicted molar refractivity (Wildman–Crippen MR) is 111 cm³/mol. The number of amides is 1. The summed E-state index contributed by atoms with van der Waals surface area (Å²) in [7, 11) is 0. The van der Waals surface area contributed by atoms with E-state index in [1.807, 2.05) is 37.3 Å². The van der Waals surface area contributed by atoms with Crippen LogP contribution in [0.5, 0.6) is 5.75 Å². The molecule has 1 heterocycles. The molecule has 8 heteroatoms. The number of rotatable bonds is 8. The van der Waals surface area contributed by atoms with Crippen LogP contribution in [0, 0.1) is 10.1 Å². The maximum atomic E-state index is 12.5. The van der Waals surface area contributed by atoms with E-state index in [1.165, 1.54) is 12.1 Å². The van der Waals surface area contributed by atoms with Crippen LogP contribution in [0.4, 0.5) is 11.4 Å². The zero-order valence-corrected chi connectivity index (χ0v) is 16.5. The molecule has 2 aromatic carbocycles. The SMILES string of the molecule is CC(C(=O)Nc1ccc([N+](=O)[O-])cc1)N1CCN(CCOc2ccccc2)CC1. The Labute approximate surface area is 170 Å². The third-order valence-electron chi connectivity index (χ3n) is 5.10. The van der Waals surface area contributed by atoms with Gasteiger partial charge in [0.2, 0.25) is 5.91 Å². The van der Waals surface area contributed by atoms with E-state index in [-0.39, 0.29) is 17.6 Å². The number of ether oxygens (including phenoxy) is 1. The van der Waals surface area contributed by atoms with Crippen LogP contribution in [-0.2, 0) is 4.79 Å². The summed E-state index contributed by atoms with van der Waals surface area (Å²) in [6.07, 6.45) is 0. The molecule has 1 saturated heterocycles. The van der Waals surface area contributed by atoms with Crippen LogP contribution in [0.3, 0.4) is 0 Å². The highest BCUT2D eigenvalue weighted by molar-refractivity contribution is 5.94. The molecule has 0 aromatic heterocycles. The lowest BCUT2D eigenvalue weighted by Crippen LogP contribution is -2.53. The number of carbonyl (C=O) groups excluding carboxylic acids is 1. The van der Waals surface area contributed by atoms with Crippen LogP contribution in [-0.4, -0.2) is 66.0 Å². The van der Waals surface area contributed by atoms with E-state index in [4.69, 9.17) is 4.74 Å². The van der Waals surface area contributed by atoms with Crippen LogP contribution in [0.25, 0.3) is 0 Å². The van der Waals surface area contributed by atoms with E-state index >= 15 is 0 Å². The molecule has 2 aromatic rings. The summed E-state index contributed by atoms with van der Waals surface area (Å²) in [5, 5.41) is 13.5. The molecule has 1 atom stereocenters. The Balaban J connectivity index is 1.40. The minimum atomic E-state index is -0.460. The zero-order valence-electron chi connectivity index (χ0n) is 16.5. The minimum Gasteiger partial charge on any atom is -0.492 e. The van der Waals surface area contributed by atoms with Gasteiger partial charge in [0.05, 0.1) is 11.0 Å². The van der Waals surface area contributed by atoms with Gasteiger partial charge in [-0.25, -0.2) is 0 Å². The van der Waals surface area contributed by atoms with Crippen molar-refractivity contribution < 1.29 is 14.5 Å². The lowest BCUT2D eigenvalue weighted by Gasteiger charge is -2.37. The number of benzene rings is 2. The predicted octanol–water partition coefficient (Wildman–Crippen LogP) is 2.62. The minimum absolute atomic E-state index is 0.00316. The number of hydrogen-bond donors (Lipinski definition) is 1. The maximum absolute atomic E-state index is 12.5. The Kier molecular flexibility index (Phi) is 7.15. The lowest BCUT2D eigenvalue weighted by atomic mass is 10.2. The molecular formula is C21H26N4O4.